The van der Waals surface area contributed by atoms with E-state index in [-0.39, 0.29) is 54.5 Å². The van der Waals surface area contributed by atoms with Crippen LogP contribution in [0.25, 0.3) is 0 Å². The Morgan fingerprint density at radius 3 is 1.97 bits per heavy atom. The fraction of sp³-hybridized carbons (Fsp3) is 0.583. The summed E-state index contributed by atoms with van der Waals surface area (Å²) in [4.78, 5) is 47.8. The van der Waals surface area contributed by atoms with Gasteiger partial charge in [0.05, 0.1) is 13.2 Å². The summed E-state index contributed by atoms with van der Waals surface area (Å²) in [6.45, 7) is 8.31. The van der Waals surface area contributed by atoms with Gasteiger partial charge >= 0.3 is 0 Å². The highest BCUT2D eigenvalue weighted by Gasteiger charge is 2.17. The number of ether oxygens (including phenoxy) is 1. The third kappa shape index (κ3) is 8.57. The number of amides is 1. The van der Waals surface area contributed by atoms with Gasteiger partial charge in [-0.05, 0) is 38.3 Å². The van der Waals surface area contributed by atoms with Crippen molar-refractivity contribution in [3.8, 4) is 0 Å². The zero-order valence-electron chi connectivity index (χ0n) is 18.7. The average Bonchev–Trinajstić information content (AvgIpc) is 2.74. The summed E-state index contributed by atoms with van der Waals surface area (Å²) >= 11 is 0. The highest BCUT2D eigenvalue weighted by atomic mass is 16.5. The van der Waals surface area contributed by atoms with E-state index in [1.54, 1.807) is 24.3 Å². The molecule has 1 amide bonds. The minimum atomic E-state index is -0.233. The van der Waals surface area contributed by atoms with Gasteiger partial charge in [-0.1, -0.05) is 32.9 Å². The quantitative estimate of drug-likeness (QED) is 0.344. The lowest BCUT2D eigenvalue weighted by Gasteiger charge is -2.11. The Kier molecular flexibility index (Phi) is 11.8. The molecule has 30 heavy (non-hydrogen) atoms. The van der Waals surface area contributed by atoms with Gasteiger partial charge in [0, 0.05) is 42.3 Å². The summed E-state index contributed by atoms with van der Waals surface area (Å²) in [6, 6.07) is 6.71. The first kappa shape index (κ1) is 25.7. The third-order valence-corrected chi connectivity index (χ3v) is 5.39. The van der Waals surface area contributed by atoms with Crippen LogP contribution in [0.4, 0.5) is 0 Å². The first-order valence-corrected chi connectivity index (χ1v) is 10.9. The van der Waals surface area contributed by atoms with Gasteiger partial charge in [-0.3, -0.25) is 19.2 Å². The molecule has 1 unspecified atom stereocenters. The Labute approximate surface area is 179 Å². The van der Waals surface area contributed by atoms with E-state index in [1.165, 1.54) is 6.92 Å². The lowest BCUT2D eigenvalue weighted by Crippen LogP contribution is -2.27. The van der Waals surface area contributed by atoms with E-state index in [4.69, 9.17) is 4.74 Å². The number of hydrogen-bond donors (Lipinski definition) is 1. The lowest BCUT2D eigenvalue weighted by molar-refractivity contribution is -0.127. The Balaban J connectivity index is 2.31. The van der Waals surface area contributed by atoms with Gasteiger partial charge in [0.15, 0.2) is 5.78 Å². The maximum atomic E-state index is 12.4. The van der Waals surface area contributed by atoms with Gasteiger partial charge in [-0.25, -0.2) is 0 Å². The Hall–Kier alpha value is -2.34. The molecule has 0 spiro atoms. The summed E-state index contributed by atoms with van der Waals surface area (Å²) in [6.07, 6.45) is 2.81. The molecule has 0 saturated carbocycles. The largest absolute Gasteiger partial charge is 0.379 e. The van der Waals surface area contributed by atoms with Crippen LogP contribution < -0.4 is 5.32 Å². The topological polar surface area (TPSA) is 89.5 Å². The van der Waals surface area contributed by atoms with Crippen LogP contribution in [0.3, 0.4) is 0 Å². The summed E-state index contributed by atoms with van der Waals surface area (Å²) in [5.41, 5.74) is 1.12. The second kappa shape index (κ2) is 13.8. The fourth-order valence-electron chi connectivity index (χ4n) is 3.26. The van der Waals surface area contributed by atoms with Gasteiger partial charge in [0.1, 0.15) is 11.6 Å². The number of benzene rings is 1. The fourth-order valence-corrected chi connectivity index (χ4v) is 3.26. The molecule has 1 rings (SSSR count). The van der Waals surface area contributed by atoms with E-state index in [0.29, 0.717) is 30.7 Å². The number of carbonyl (C=O) groups is 4. The number of hydrogen-bond acceptors (Lipinski definition) is 5. The monoisotopic (exact) mass is 417 g/mol. The van der Waals surface area contributed by atoms with Crippen molar-refractivity contribution >= 4 is 23.3 Å². The molecule has 1 N–H and O–H groups in total. The van der Waals surface area contributed by atoms with Crippen molar-refractivity contribution in [2.24, 2.45) is 11.8 Å². The Morgan fingerprint density at radius 1 is 0.867 bits per heavy atom. The van der Waals surface area contributed by atoms with E-state index >= 15 is 0 Å². The zero-order chi connectivity index (χ0) is 22.5. The molecule has 6 heteroatoms. The standard InChI is InChI=1S/C24H35NO5/c1-5-18(6-2)23(28)20-8-10-21(11-9-20)24(29)25-13-15-30-14-12-22(27)16-19(7-3)17(4)26/h8-11,18-19H,5-7,12-16H2,1-4H3,(H,25,29). The minimum absolute atomic E-state index is 0.0176. The van der Waals surface area contributed by atoms with Gasteiger partial charge in [-0.2, -0.15) is 0 Å². The average molecular weight is 418 g/mol. The molecule has 0 aromatic heterocycles. The number of rotatable bonds is 15. The molecule has 0 saturated heterocycles. The van der Waals surface area contributed by atoms with Crippen LogP contribution in [0.15, 0.2) is 24.3 Å². The number of ketones is 3. The lowest BCUT2D eigenvalue weighted by atomic mass is 9.92. The van der Waals surface area contributed by atoms with E-state index in [1.807, 2.05) is 20.8 Å². The van der Waals surface area contributed by atoms with Gasteiger partial charge in [0.2, 0.25) is 0 Å². The second-order valence-corrected chi connectivity index (χ2v) is 7.53. The van der Waals surface area contributed by atoms with E-state index in [2.05, 4.69) is 5.32 Å². The highest BCUT2D eigenvalue weighted by Crippen LogP contribution is 2.16. The molecule has 0 aliphatic rings. The molecule has 1 aromatic carbocycles. The predicted molar refractivity (Wildman–Crippen MR) is 117 cm³/mol. The highest BCUT2D eigenvalue weighted by molar-refractivity contribution is 5.99. The van der Waals surface area contributed by atoms with Gasteiger partial charge in [0.25, 0.3) is 5.91 Å². The maximum Gasteiger partial charge on any atom is 0.251 e. The third-order valence-electron chi connectivity index (χ3n) is 5.39. The van der Waals surface area contributed by atoms with Crippen molar-refractivity contribution in [1.29, 1.82) is 0 Å². The van der Waals surface area contributed by atoms with E-state index in [0.717, 1.165) is 12.8 Å². The van der Waals surface area contributed by atoms with Crippen LogP contribution in [0.2, 0.25) is 0 Å². The Morgan fingerprint density at radius 2 is 1.43 bits per heavy atom. The summed E-state index contributed by atoms with van der Waals surface area (Å²) in [5, 5.41) is 2.76. The smallest absolute Gasteiger partial charge is 0.251 e. The molecule has 0 aliphatic heterocycles. The van der Waals surface area contributed by atoms with Crippen LogP contribution in [0.1, 0.15) is 80.5 Å². The predicted octanol–water partition coefficient (Wildman–Crippen LogP) is 4.02. The first-order chi connectivity index (χ1) is 14.3. The van der Waals surface area contributed by atoms with Crippen LogP contribution in [-0.2, 0) is 14.3 Å². The van der Waals surface area contributed by atoms with Crippen LogP contribution >= 0.6 is 0 Å². The molecule has 0 heterocycles. The van der Waals surface area contributed by atoms with Crippen LogP contribution in [0, 0.1) is 11.8 Å². The molecule has 0 aliphatic carbocycles. The summed E-state index contributed by atoms with van der Waals surface area (Å²) in [7, 11) is 0. The van der Waals surface area contributed by atoms with Crippen molar-refractivity contribution in [2.75, 3.05) is 19.8 Å². The minimum Gasteiger partial charge on any atom is -0.379 e. The van der Waals surface area contributed by atoms with Crippen molar-refractivity contribution in [1.82, 2.24) is 5.32 Å². The normalized spacial score (nSPS) is 11.9. The van der Waals surface area contributed by atoms with Crippen molar-refractivity contribution < 1.29 is 23.9 Å². The Bertz CT molecular complexity index is 707. The van der Waals surface area contributed by atoms with Gasteiger partial charge < -0.3 is 10.1 Å². The van der Waals surface area contributed by atoms with Crippen molar-refractivity contribution in [2.45, 2.75) is 59.8 Å². The molecule has 0 radical (unpaired) electrons. The van der Waals surface area contributed by atoms with Crippen LogP contribution in [0.5, 0.6) is 0 Å². The molecular weight excluding hydrogens is 382 g/mol. The molecule has 1 atom stereocenters. The first-order valence-electron chi connectivity index (χ1n) is 10.9. The summed E-state index contributed by atoms with van der Waals surface area (Å²) < 4.78 is 5.40. The number of carbonyl (C=O) groups excluding carboxylic acids is 4. The molecule has 166 valence electrons. The van der Waals surface area contributed by atoms with Crippen molar-refractivity contribution in [3.63, 3.8) is 0 Å². The SMILES string of the molecule is CCC(CC(=O)CCOCCNC(=O)c1ccc(C(=O)C(CC)CC)cc1)C(C)=O. The number of Topliss-reactive ketones (excluding diaryl/α,β-unsaturated/α-hetero) is 3. The van der Waals surface area contributed by atoms with Crippen LogP contribution in [-0.4, -0.2) is 43.0 Å². The molecule has 1 aromatic rings. The number of nitrogens with one attached hydrogen (secondary N) is 1. The summed E-state index contributed by atoms with van der Waals surface area (Å²) in [5.74, 6) is -0.240. The van der Waals surface area contributed by atoms with E-state index in [9.17, 15) is 19.2 Å². The molecule has 0 bridgehead atoms. The van der Waals surface area contributed by atoms with Crippen molar-refractivity contribution in [3.05, 3.63) is 35.4 Å². The zero-order valence-corrected chi connectivity index (χ0v) is 18.7. The second-order valence-electron chi connectivity index (χ2n) is 7.53. The molecule has 0 fully saturated rings. The molecule has 6 nitrogen and oxygen atoms in total. The van der Waals surface area contributed by atoms with Gasteiger partial charge in [-0.15, -0.1) is 0 Å². The molecular formula is C24H35NO5. The maximum absolute atomic E-state index is 12.4. The van der Waals surface area contributed by atoms with E-state index < -0.39 is 0 Å².